The molecule has 9 heteroatoms. The number of amides is 2. The number of hydrogen-bond donors (Lipinski definition) is 2. The van der Waals surface area contributed by atoms with Gasteiger partial charge in [0.25, 0.3) is 5.56 Å². The monoisotopic (exact) mass is 477 g/mol. The number of aryl methyl sites for hydroxylation is 1. The first-order valence-electron chi connectivity index (χ1n) is 12.1. The number of anilines is 1. The van der Waals surface area contributed by atoms with Crippen LogP contribution in [0.25, 0.3) is 0 Å². The third-order valence-electron chi connectivity index (χ3n) is 6.32. The highest BCUT2D eigenvalue weighted by Gasteiger charge is 2.38. The molecule has 1 saturated carbocycles. The van der Waals surface area contributed by atoms with Crippen LogP contribution in [-0.2, 0) is 28.1 Å². The van der Waals surface area contributed by atoms with Gasteiger partial charge in [-0.05, 0) is 36.6 Å². The molecular formula is C26H31N5O4. The van der Waals surface area contributed by atoms with Gasteiger partial charge in [-0.3, -0.25) is 14.4 Å². The summed E-state index contributed by atoms with van der Waals surface area (Å²) in [5.74, 6) is 0.605. The maximum Gasteiger partial charge on any atom is 0.250 e. The van der Waals surface area contributed by atoms with Gasteiger partial charge in [0.2, 0.25) is 17.7 Å². The van der Waals surface area contributed by atoms with E-state index in [1.165, 1.54) is 13.0 Å². The van der Waals surface area contributed by atoms with Gasteiger partial charge in [0.1, 0.15) is 5.54 Å². The average molecular weight is 478 g/mol. The summed E-state index contributed by atoms with van der Waals surface area (Å²) in [6.45, 7) is 1.97. The Kier molecular flexibility index (Phi) is 7.74. The predicted molar refractivity (Wildman–Crippen MR) is 131 cm³/mol. The lowest BCUT2D eigenvalue weighted by molar-refractivity contribution is -0.121. The second-order valence-electron chi connectivity index (χ2n) is 9.10. The summed E-state index contributed by atoms with van der Waals surface area (Å²) in [5, 5.41) is 10.1. The number of carbonyl (C=O) groups is 2. The molecule has 3 aromatic rings. The van der Waals surface area contributed by atoms with Crippen LogP contribution >= 0.6 is 0 Å². The lowest BCUT2D eigenvalue weighted by Gasteiger charge is -2.30. The van der Waals surface area contributed by atoms with Gasteiger partial charge in [-0.15, -0.1) is 0 Å². The summed E-state index contributed by atoms with van der Waals surface area (Å²) in [6.07, 6.45) is 8.04. The van der Waals surface area contributed by atoms with Gasteiger partial charge < -0.3 is 19.7 Å². The number of carbonyl (C=O) groups excluding carboxylic acids is 2. The Hall–Kier alpha value is -3.75. The van der Waals surface area contributed by atoms with E-state index in [2.05, 4.69) is 20.8 Å². The normalized spacial score (nSPS) is 15.2. The summed E-state index contributed by atoms with van der Waals surface area (Å²) >= 11 is 0. The second kappa shape index (κ2) is 11.1. The third-order valence-corrected chi connectivity index (χ3v) is 6.32. The van der Waals surface area contributed by atoms with Crippen molar-refractivity contribution in [2.24, 2.45) is 0 Å². The van der Waals surface area contributed by atoms with E-state index in [1.54, 1.807) is 16.8 Å². The van der Waals surface area contributed by atoms with Crippen LogP contribution in [0.2, 0.25) is 0 Å². The molecular weight excluding hydrogens is 446 g/mol. The zero-order valence-electron chi connectivity index (χ0n) is 20.0. The molecule has 2 aromatic heterocycles. The molecule has 0 spiro atoms. The minimum Gasteiger partial charge on any atom is -0.343 e. The minimum absolute atomic E-state index is 0.0592. The topological polar surface area (TPSA) is 119 Å². The van der Waals surface area contributed by atoms with Crippen molar-refractivity contribution in [2.75, 3.05) is 5.32 Å². The molecule has 0 bridgehead atoms. The molecule has 9 nitrogen and oxygen atoms in total. The third kappa shape index (κ3) is 6.44. The number of benzene rings is 1. The van der Waals surface area contributed by atoms with Crippen LogP contribution in [0, 0.1) is 0 Å². The van der Waals surface area contributed by atoms with Crippen LogP contribution in [0.3, 0.4) is 0 Å². The van der Waals surface area contributed by atoms with E-state index in [0.29, 0.717) is 30.4 Å². The van der Waals surface area contributed by atoms with Crippen molar-refractivity contribution in [1.29, 1.82) is 0 Å². The van der Waals surface area contributed by atoms with Crippen molar-refractivity contribution in [2.45, 2.75) is 70.4 Å². The smallest absolute Gasteiger partial charge is 0.250 e. The first-order valence-corrected chi connectivity index (χ1v) is 12.1. The summed E-state index contributed by atoms with van der Waals surface area (Å²) in [5.41, 5.74) is 0.977. The van der Waals surface area contributed by atoms with Crippen molar-refractivity contribution >= 4 is 17.5 Å². The highest BCUT2D eigenvalue weighted by Crippen LogP contribution is 2.34. The molecule has 1 fully saturated rings. The summed E-state index contributed by atoms with van der Waals surface area (Å²) in [4.78, 5) is 40.7. The zero-order valence-corrected chi connectivity index (χ0v) is 20.0. The number of nitrogens with one attached hydrogen (secondary N) is 2. The Morgan fingerprint density at radius 2 is 1.80 bits per heavy atom. The largest absolute Gasteiger partial charge is 0.343 e. The first kappa shape index (κ1) is 24.4. The molecule has 0 saturated heterocycles. The predicted octanol–water partition coefficient (Wildman–Crippen LogP) is 3.54. The molecule has 1 aliphatic carbocycles. The van der Waals surface area contributed by atoms with Gasteiger partial charge in [0, 0.05) is 37.7 Å². The van der Waals surface area contributed by atoms with E-state index in [9.17, 15) is 14.4 Å². The van der Waals surface area contributed by atoms with Crippen molar-refractivity contribution in [3.05, 3.63) is 76.3 Å². The molecule has 2 N–H and O–H groups in total. The fourth-order valence-corrected chi connectivity index (χ4v) is 4.55. The Morgan fingerprint density at radius 3 is 2.49 bits per heavy atom. The van der Waals surface area contributed by atoms with Gasteiger partial charge >= 0.3 is 0 Å². The first-order chi connectivity index (χ1) is 16.9. The van der Waals surface area contributed by atoms with Gasteiger partial charge in [-0.2, -0.15) is 4.98 Å². The van der Waals surface area contributed by atoms with Crippen LogP contribution in [0.5, 0.6) is 0 Å². The summed E-state index contributed by atoms with van der Waals surface area (Å²) in [7, 11) is 0. The number of rotatable bonds is 8. The Morgan fingerprint density at radius 1 is 1.06 bits per heavy atom. The fraction of sp³-hybridized carbons (Fsp3) is 0.423. The quantitative estimate of drug-likeness (QED) is 0.479. The molecule has 1 aromatic carbocycles. The Balaban J connectivity index is 1.32. The number of pyridine rings is 1. The molecule has 0 atom stereocenters. The Labute approximate surface area is 203 Å². The fourth-order valence-electron chi connectivity index (χ4n) is 4.55. The summed E-state index contributed by atoms with van der Waals surface area (Å²) < 4.78 is 7.05. The Bertz CT molecular complexity index is 1210. The number of aromatic nitrogens is 3. The maximum absolute atomic E-state index is 12.5. The molecule has 1 aliphatic rings. The van der Waals surface area contributed by atoms with Crippen molar-refractivity contribution in [3.8, 4) is 0 Å². The highest BCUT2D eigenvalue weighted by molar-refractivity contribution is 5.90. The van der Waals surface area contributed by atoms with Crippen molar-refractivity contribution < 1.29 is 14.1 Å². The lowest BCUT2D eigenvalue weighted by atomic mass is 9.89. The van der Waals surface area contributed by atoms with Gasteiger partial charge in [0.15, 0.2) is 5.82 Å². The lowest BCUT2D eigenvalue weighted by Crippen LogP contribution is -2.45. The molecule has 0 unspecified atom stereocenters. The van der Waals surface area contributed by atoms with Gasteiger partial charge in [0.05, 0.1) is 6.54 Å². The van der Waals surface area contributed by atoms with Crippen LogP contribution in [0.1, 0.15) is 69.1 Å². The van der Waals surface area contributed by atoms with E-state index in [4.69, 9.17) is 4.52 Å². The van der Waals surface area contributed by atoms with Crippen molar-refractivity contribution in [1.82, 2.24) is 20.0 Å². The van der Waals surface area contributed by atoms with Gasteiger partial charge in [-0.25, -0.2) is 0 Å². The molecule has 4 rings (SSSR count). The zero-order chi connectivity index (χ0) is 24.7. The highest BCUT2D eigenvalue weighted by atomic mass is 16.5. The minimum atomic E-state index is -0.598. The molecule has 184 valence electrons. The molecule has 0 radical (unpaired) electrons. The van der Waals surface area contributed by atoms with E-state index in [1.807, 2.05) is 30.3 Å². The number of hydrogen-bond acceptors (Lipinski definition) is 6. The van der Waals surface area contributed by atoms with Crippen LogP contribution in [-0.4, -0.2) is 26.5 Å². The van der Waals surface area contributed by atoms with Gasteiger partial charge in [-0.1, -0.05) is 49.0 Å². The van der Waals surface area contributed by atoms with E-state index in [0.717, 1.165) is 44.1 Å². The SMILES string of the molecule is CC(=O)NC1(c2noc(CCC(=O)Nc3ccc(Cn4ccccc4=O)cc3)n2)CCCCCC1. The van der Waals surface area contributed by atoms with Crippen molar-refractivity contribution in [3.63, 3.8) is 0 Å². The number of nitrogens with zero attached hydrogens (tertiary/aromatic N) is 3. The van der Waals surface area contributed by atoms with E-state index >= 15 is 0 Å². The van der Waals surface area contributed by atoms with Crippen LogP contribution in [0.4, 0.5) is 5.69 Å². The molecule has 0 aliphatic heterocycles. The standard InChI is InChI=1S/C26H31N5O4/c1-19(32)29-26(15-5-2-3-6-16-26)25-28-23(35-30-25)14-13-22(33)27-21-11-9-20(10-12-21)18-31-17-7-4-8-24(31)34/h4,7-12,17H,2-3,5-6,13-16,18H2,1H3,(H,27,33)(H,29,32). The van der Waals surface area contributed by atoms with Crippen LogP contribution in [0.15, 0.2) is 58.0 Å². The summed E-state index contributed by atoms with van der Waals surface area (Å²) in [6, 6.07) is 12.5. The molecule has 2 heterocycles. The second-order valence-corrected chi connectivity index (χ2v) is 9.10. The maximum atomic E-state index is 12.5. The average Bonchev–Trinajstić information content (AvgIpc) is 3.20. The van der Waals surface area contributed by atoms with Crippen LogP contribution < -0.4 is 16.2 Å². The molecule has 2 amide bonds. The van der Waals surface area contributed by atoms with E-state index in [-0.39, 0.29) is 23.8 Å². The molecule has 35 heavy (non-hydrogen) atoms. The van der Waals surface area contributed by atoms with E-state index < -0.39 is 5.54 Å².